The number of rotatable bonds is 3. The minimum atomic E-state index is -3.63. The minimum Gasteiger partial charge on any atom is -0.391 e. The van der Waals surface area contributed by atoms with E-state index in [0.29, 0.717) is 13.0 Å². The van der Waals surface area contributed by atoms with Gasteiger partial charge in [0.25, 0.3) is 0 Å². The van der Waals surface area contributed by atoms with Gasteiger partial charge in [0.05, 0.1) is 17.0 Å². The molecular formula is C17H18BrNO3S. The van der Waals surface area contributed by atoms with Crippen molar-refractivity contribution < 1.29 is 13.5 Å². The molecule has 0 radical (unpaired) electrons. The number of aliphatic hydroxyl groups excluding tert-OH is 1. The first-order valence-corrected chi connectivity index (χ1v) is 9.65. The summed E-state index contributed by atoms with van der Waals surface area (Å²) in [6.45, 7) is 2.23. The topological polar surface area (TPSA) is 57.6 Å². The molecule has 2 atom stereocenters. The van der Waals surface area contributed by atoms with E-state index in [9.17, 15) is 13.5 Å². The Labute approximate surface area is 144 Å². The third kappa shape index (κ3) is 3.21. The summed E-state index contributed by atoms with van der Waals surface area (Å²) in [6.07, 6.45) is -0.261. The Hall–Kier alpha value is -1.21. The highest BCUT2D eigenvalue weighted by Crippen LogP contribution is 2.37. The second-order valence-electron chi connectivity index (χ2n) is 5.78. The number of aryl methyl sites for hydroxylation is 1. The Morgan fingerprint density at radius 1 is 1.09 bits per heavy atom. The Kier molecular flexibility index (Phi) is 4.60. The molecule has 1 heterocycles. The van der Waals surface area contributed by atoms with Gasteiger partial charge in [-0.1, -0.05) is 45.8 Å². The van der Waals surface area contributed by atoms with Crippen LogP contribution in [0.1, 0.15) is 23.6 Å². The second kappa shape index (κ2) is 6.36. The van der Waals surface area contributed by atoms with Crippen molar-refractivity contribution in [2.75, 3.05) is 6.54 Å². The fourth-order valence-corrected chi connectivity index (χ4v) is 4.83. The van der Waals surface area contributed by atoms with E-state index in [-0.39, 0.29) is 4.90 Å². The molecule has 2 aromatic rings. The van der Waals surface area contributed by atoms with Crippen LogP contribution in [0, 0.1) is 6.92 Å². The molecule has 4 nitrogen and oxygen atoms in total. The van der Waals surface area contributed by atoms with E-state index in [1.54, 1.807) is 24.3 Å². The van der Waals surface area contributed by atoms with Crippen molar-refractivity contribution in [1.29, 1.82) is 0 Å². The predicted molar refractivity (Wildman–Crippen MR) is 92.6 cm³/mol. The van der Waals surface area contributed by atoms with E-state index in [0.717, 1.165) is 15.6 Å². The highest BCUT2D eigenvalue weighted by Gasteiger charge is 2.41. The van der Waals surface area contributed by atoms with Crippen LogP contribution in [0.2, 0.25) is 0 Å². The third-order valence-electron chi connectivity index (χ3n) is 4.16. The summed E-state index contributed by atoms with van der Waals surface area (Å²) in [5.74, 6) is 0. The van der Waals surface area contributed by atoms with Crippen molar-refractivity contribution in [1.82, 2.24) is 4.31 Å². The first kappa shape index (κ1) is 16.6. The normalized spacial score (nSPS) is 22.4. The summed E-state index contributed by atoms with van der Waals surface area (Å²) in [4.78, 5) is 0.263. The number of halogens is 1. The maximum atomic E-state index is 12.9. The van der Waals surface area contributed by atoms with Crippen LogP contribution in [0.4, 0.5) is 0 Å². The number of aliphatic hydroxyl groups is 1. The summed E-state index contributed by atoms with van der Waals surface area (Å²) >= 11 is 3.37. The average Bonchev–Trinajstić information content (AvgIpc) is 2.91. The van der Waals surface area contributed by atoms with Gasteiger partial charge < -0.3 is 5.11 Å². The van der Waals surface area contributed by atoms with Crippen LogP contribution in [0.25, 0.3) is 0 Å². The molecule has 1 fully saturated rings. The lowest BCUT2D eigenvalue weighted by Crippen LogP contribution is -2.33. The molecule has 2 aromatic carbocycles. The maximum absolute atomic E-state index is 12.9. The molecule has 1 saturated heterocycles. The number of hydrogen-bond acceptors (Lipinski definition) is 3. The van der Waals surface area contributed by atoms with Crippen molar-refractivity contribution in [3.8, 4) is 0 Å². The minimum absolute atomic E-state index is 0.263. The quantitative estimate of drug-likeness (QED) is 0.867. The summed E-state index contributed by atoms with van der Waals surface area (Å²) in [6, 6.07) is 13.7. The molecule has 0 spiro atoms. The molecule has 23 heavy (non-hydrogen) atoms. The lowest BCUT2D eigenvalue weighted by Gasteiger charge is -2.26. The van der Waals surface area contributed by atoms with Crippen molar-refractivity contribution in [3.63, 3.8) is 0 Å². The van der Waals surface area contributed by atoms with E-state index in [1.807, 2.05) is 31.2 Å². The molecule has 6 heteroatoms. The van der Waals surface area contributed by atoms with E-state index in [2.05, 4.69) is 15.9 Å². The Balaban J connectivity index is 2.00. The van der Waals surface area contributed by atoms with Gasteiger partial charge in [-0.2, -0.15) is 4.31 Å². The van der Waals surface area contributed by atoms with Crippen molar-refractivity contribution in [3.05, 3.63) is 64.1 Å². The van der Waals surface area contributed by atoms with E-state index in [1.165, 1.54) is 4.31 Å². The van der Waals surface area contributed by atoms with Gasteiger partial charge in [-0.3, -0.25) is 0 Å². The monoisotopic (exact) mass is 395 g/mol. The lowest BCUT2D eigenvalue weighted by molar-refractivity contribution is 0.143. The van der Waals surface area contributed by atoms with Crippen molar-refractivity contribution in [2.24, 2.45) is 0 Å². The molecular weight excluding hydrogens is 378 g/mol. The zero-order valence-electron chi connectivity index (χ0n) is 12.7. The van der Waals surface area contributed by atoms with E-state index < -0.39 is 22.2 Å². The van der Waals surface area contributed by atoms with E-state index >= 15 is 0 Å². The first-order valence-electron chi connectivity index (χ1n) is 7.41. The zero-order valence-corrected chi connectivity index (χ0v) is 15.1. The molecule has 1 aliphatic rings. The molecule has 0 saturated carbocycles. The largest absolute Gasteiger partial charge is 0.391 e. The van der Waals surface area contributed by atoms with Gasteiger partial charge in [0, 0.05) is 11.0 Å². The molecule has 0 aromatic heterocycles. The maximum Gasteiger partial charge on any atom is 0.243 e. The van der Waals surface area contributed by atoms with Crippen LogP contribution in [-0.2, 0) is 10.0 Å². The Bertz CT molecular complexity index is 788. The molecule has 1 aliphatic heterocycles. The van der Waals surface area contributed by atoms with Gasteiger partial charge in [-0.15, -0.1) is 0 Å². The van der Waals surface area contributed by atoms with Crippen LogP contribution in [0.3, 0.4) is 0 Å². The van der Waals surface area contributed by atoms with Crippen molar-refractivity contribution in [2.45, 2.75) is 30.4 Å². The highest BCUT2D eigenvalue weighted by atomic mass is 79.9. The standard InChI is InChI=1S/C17H18BrNO3S/c1-12-2-8-15(9-3-12)23(21,22)19-11-10-16(20)17(19)13-4-6-14(18)7-5-13/h2-9,16-17,20H,10-11H2,1H3/t16-,17+/m0/s1. The fourth-order valence-electron chi connectivity index (χ4n) is 2.91. The molecule has 1 N–H and O–H groups in total. The van der Waals surface area contributed by atoms with Crippen LogP contribution in [0.5, 0.6) is 0 Å². The number of hydrogen-bond donors (Lipinski definition) is 1. The zero-order chi connectivity index (χ0) is 16.6. The SMILES string of the molecule is Cc1ccc(S(=O)(=O)N2CC[C@H](O)[C@H]2c2ccc(Br)cc2)cc1. The first-order chi connectivity index (χ1) is 10.9. The van der Waals surface area contributed by atoms with Crippen LogP contribution in [-0.4, -0.2) is 30.5 Å². The Morgan fingerprint density at radius 2 is 1.70 bits per heavy atom. The summed E-state index contributed by atoms with van der Waals surface area (Å²) in [5.41, 5.74) is 1.81. The van der Waals surface area contributed by atoms with Crippen LogP contribution >= 0.6 is 15.9 Å². The van der Waals surface area contributed by atoms with Crippen LogP contribution < -0.4 is 0 Å². The number of nitrogens with zero attached hydrogens (tertiary/aromatic N) is 1. The number of benzene rings is 2. The molecule has 122 valence electrons. The second-order valence-corrected chi connectivity index (χ2v) is 8.59. The lowest BCUT2D eigenvalue weighted by atomic mass is 10.0. The average molecular weight is 396 g/mol. The van der Waals surface area contributed by atoms with Gasteiger partial charge in [-0.05, 0) is 43.2 Å². The third-order valence-corrected chi connectivity index (χ3v) is 6.58. The van der Waals surface area contributed by atoms with Gasteiger partial charge in [0.15, 0.2) is 0 Å². The van der Waals surface area contributed by atoms with Gasteiger partial charge in [-0.25, -0.2) is 8.42 Å². The molecule has 3 rings (SSSR count). The smallest absolute Gasteiger partial charge is 0.243 e. The summed E-state index contributed by atoms with van der Waals surface area (Å²) < 4.78 is 28.2. The molecule has 0 amide bonds. The number of sulfonamides is 1. The van der Waals surface area contributed by atoms with Crippen molar-refractivity contribution >= 4 is 26.0 Å². The van der Waals surface area contributed by atoms with Gasteiger partial charge in [0.2, 0.25) is 10.0 Å². The summed E-state index contributed by atoms with van der Waals surface area (Å²) in [7, 11) is -3.63. The van der Waals surface area contributed by atoms with Gasteiger partial charge in [0.1, 0.15) is 0 Å². The van der Waals surface area contributed by atoms with Crippen LogP contribution in [0.15, 0.2) is 57.9 Å². The molecule has 0 unspecified atom stereocenters. The highest BCUT2D eigenvalue weighted by molar-refractivity contribution is 9.10. The molecule has 0 bridgehead atoms. The molecule has 0 aliphatic carbocycles. The predicted octanol–water partition coefficient (Wildman–Crippen LogP) is 3.25. The van der Waals surface area contributed by atoms with Gasteiger partial charge >= 0.3 is 0 Å². The Morgan fingerprint density at radius 3 is 2.30 bits per heavy atom. The van der Waals surface area contributed by atoms with E-state index in [4.69, 9.17) is 0 Å². The summed E-state index contributed by atoms with van der Waals surface area (Å²) in [5, 5.41) is 10.3. The fraction of sp³-hybridized carbons (Fsp3) is 0.294.